The van der Waals surface area contributed by atoms with Crippen molar-refractivity contribution < 1.29 is 18.0 Å². The lowest BCUT2D eigenvalue weighted by Gasteiger charge is -2.15. The van der Waals surface area contributed by atoms with Crippen molar-refractivity contribution in [1.29, 1.82) is 0 Å². The van der Waals surface area contributed by atoms with Crippen molar-refractivity contribution in [1.82, 2.24) is 15.6 Å². The van der Waals surface area contributed by atoms with E-state index in [1.54, 1.807) is 0 Å². The molecule has 1 amide bonds. The molecule has 1 aromatic heterocycles. The Kier molecular flexibility index (Phi) is 5.80. The average molecular weight is 335 g/mol. The van der Waals surface area contributed by atoms with E-state index >= 15 is 0 Å². The summed E-state index contributed by atoms with van der Waals surface area (Å²) in [5.41, 5.74) is -0.891. The number of thiazole rings is 1. The largest absolute Gasteiger partial charge is 0.434 e. The Morgan fingerprint density at radius 3 is 2.91 bits per heavy atom. The van der Waals surface area contributed by atoms with Crippen molar-refractivity contribution in [3.05, 3.63) is 16.1 Å². The van der Waals surface area contributed by atoms with Gasteiger partial charge in [0.1, 0.15) is 5.01 Å². The fraction of sp³-hybridized carbons (Fsp3) is 0.714. The molecule has 8 heteroatoms. The molecule has 2 atom stereocenters. The number of amides is 1. The summed E-state index contributed by atoms with van der Waals surface area (Å²) in [5.74, 6) is 0.394. The van der Waals surface area contributed by atoms with E-state index in [-0.39, 0.29) is 5.91 Å². The molecule has 22 heavy (non-hydrogen) atoms. The van der Waals surface area contributed by atoms with Gasteiger partial charge in [-0.2, -0.15) is 13.2 Å². The maximum absolute atomic E-state index is 12.6. The highest BCUT2D eigenvalue weighted by molar-refractivity contribution is 7.09. The van der Waals surface area contributed by atoms with Crippen LogP contribution in [0.5, 0.6) is 0 Å². The van der Waals surface area contributed by atoms with Crippen molar-refractivity contribution in [2.24, 2.45) is 5.92 Å². The SMILES string of the molecule is CCC(NC(=O)CCC1CCNC1)c1nc(C(F)(F)F)cs1. The van der Waals surface area contributed by atoms with Gasteiger partial charge in [0, 0.05) is 11.8 Å². The number of aromatic nitrogens is 1. The second-order valence-corrected chi connectivity index (χ2v) is 6.38. The second kappa shape index (κ2) is 7.41. The smallest absolute Gasteiger partial charge is 0.347 e. The first-order valence-corrected chi connectivity index (χ1v) is 8.30. The minimum atomic E-state index is -4.44. The summed E-state index contributed by atoms with van der Waals surface area (Å²) in [6.45, 7) is 3.75. The van der Waals surface area contributed by atoms with Crippen molar-refractivity contribution in [2.75, 3.05) is 13.1 Å². The van der Waals surface area contributed by atoms with E-state index in [2.05, 4.69) is 15.6 Å². The van der Waals surface area contributed by atoms with Crippen molar-refractivity contribution in [2.45, 2.75) is 44.8 Å². The van der Waals surface area contributed by atoms with Crippen molar-refractivity contribution in [3.63, 3.8) is 0 Å². The van der Waals surface area contributed by atoms with Gasteiger partial charge in [-0.1, -0.05) is 6.92 Å². The molecular formula is C14H20F3N3OS. The van der Waals surface area contributed by atoms with E-state index < -0.39 is 17.9 Å². The first-order valence-electron chi connectivity index (χ1n) is 7.42. The number of hydrogen-bond acceptors (Lipinski definition) is 4. The van der Waals surface area contributed by atoms with Gasteiger partial charge in [-0.25, -0.2) is 4.98 Å². The Morgan fingerprint density at radius 2 is 2.36 bits per heavy atom. The molecule has 2 unspecified atom stereocenters. The van der Waals surface area contributed by atoms with E-state index in [1.165, 1.54) is 0 Å². The molecule has 4 nitrogen and oxygen atoms in total. The number of halogens is 3. The van der Waals surface area contributed by atoms with Gasteiger partial charge in [0.25, 0.3) is 0 Å². The second-order valence-electron chi connectivity index (χ2n) is 5.49. The molecule has 0 aliphatic carbocycles. The van der Waals surface area contributed by atoms with Crippen LogP contribution in [0, 0.1) is 5.92 Å². The van der Waals surface area contributed by atoms with Crippen LogP contribution in [0.2, 0.25) is 0 Å². The van der Waals surface area contributed by atoms with Gasteiger partial charge < -0.3 is 10.6 Å². The maximum Gasteiger partial charge on any atom is 0.434 e. The standard InChI is InChI=1S/C14H20F3N3OS/c1-2-10(13-20-11(8-22-13)14(15,16)17)19-12(21)4-3-9-5-6-18-7-9/h8-10,18H,2-7H2,1H3,(H,19,21). The van der Waals surface area contributed by atoms with E-state index in [1.807, 2.05) is 6.92 Å². The molecule has 0 aromatic carbocycles. The van der Waals surface area contributed by atoms with Gasteiger partial charge in [-0.05, 0) is 38.3 Å². The molecule has 2 rings (SSSR count). The minimum absolute atomic E-state index is 0.123. The molecule has 1 aliphatic rings. The Labute approximate surface area is 131 Å². The van der Waals surface area contributed by atoms with Crippen LogP contribution in [0.3, 0.4) is 0 Å². The third-order valence-electron chi connectivity index (χ3n) is 3.80. The van der Waals surface area contributed by atoms with E-state index in [0.717, 1.165) is 42.6 Å². The Hall–Kier alpha value is -1.15. The Morgan fingerprint density at radius 1 is 1.59 bits per heavy atom. The average Bonchev–Trinajstić information content (AvgIpc) is 3.12. The van der Waals surface area contributed by atoms with Gasteiger partial charge in [0.2, 0.25) is 5.91 Å². The number of nitrogens with zero attached hydrogens (tertiary/aromatic N) is 1. The summed E-state index contributed by atoms with van der Waals surface area (Å²) < 4.78 is 37.7. The zero-order valence-corrected chi connectivity index (χ0v) is 13.2. The Balaban J connectivity index is 1.88. The highest BCUT2D eigenvalue weighted by Gasteiger charge is 2.34. The Bertz CT molecular complexity index is 498. The number of alkyl halides is 3. The van der Waals surface area contributed by atoms with Gasteiger partial charge in [-0.3, -0.25) is 4.79 Å². The molecular weight excluding hydrogens is 315 g/mol. The molecule has 1 fully saturated rings. The van der Waals surface area contributed by atoms with Gasteiger partial charge in [-0.15, -0.1) is 11.3 Å². The summed E-state index contributed by atoms with van der Waals surface area (Å²) in [6.07, 6.45) is -1.64. The molecule has 124 valence electrons. The number of nitrogens with one attached hydrogen (secondary N) is 2. The summed E-state index contributed by atoms with van der Waals surface area (Å²) in [6, 6.07) is -0.449. The van der Waals surface area contributed by atoms with Crippen molar-refractivity contribution >= 4 is 17.2 Å². The first-order chi connectivity index (χ1) is 10.4. The molecule has 0 bridgehead atoms. The molecule has 1 aromatic rings. The maximum atomic E-state index is 12.6. The van der Waals surface area contributed by atoms with Crippen LogP contribution >= 0.6 is 11.3 Å². The highest BCUT2D eigenvalue weighted by atomic mass is 32.1. The lowest BCUT2D eigenvalue weighted by Crippen LogP contribution is -2.28. The number of carbonyl (C=O) groups is 1. The molecule has 0 radical (unpaired) electrons. The van der Waals surface area contributed by atoms with E-state index in [4.69, 9.17) is 0 Å². The molecule has 2 heterocycles. The highest BCUT2D eigenvalue weighted by Crippen LogP contribution is 2.32. The number of rotatable bonds is 6. The predicted molar refractivity (Wildman–Crippen MR) is 78.5 cm³/mol. The van der Waals surface area contributed by atoms with Crippen LogP contribution in [-0.4, -0.2) is 24.0 Å². The lowest BCUT2D eigenvalue weighted by atomic mass is 10.0. The van der Waals surface area contributed by atoms with Crippen molar-refractivity contribution in [3.8, 4) is 0 Å². The molecule has 0 saturated carbocycles. The monoisotopic (exact) mass is 335 g/mol. The quantitative estimate of drug-likeness (QED) is 0.840. The molecule has 1 aliphatic heterocycles. The van der Waals surface area contributed by atoms with Crippen LogP contribution < -0.4 is 10.6 Å². The van der Waals surface area contributed by atoms with Crippen LogP contribution in [0.1, 0.15) is 49.4 Å². The zero-order chi connectivity index (χ0) is 16.2. The fourth-order valence-corrected chi connectivity index (χ4v) is 3.44. The summed E-state index contributed by atoms with van der Waals surface area (Å²) in [7, 11) is 0. The third kappa shape index (κ3) is 4.67. The third-order valence-corrected chi connectivity index (χ3v) is 4.75. The fourth-order valence-electron chi connectivity index (χ4n) is 2.48. The van der Waals surface area contributed by atoms with Crippen LogP contribution in [0.25, 0.3) is 0 Å². The summed E-state index contributed by atoms with van der Waals surface area (Å²) >= 11 is 0.939. The molecule has 0 spiro atoms. The first kappa shape index (κ1) is 17.2. The normalized spacial score (nSPS) is 20.1. The topological polar surface area (TPSA) is 54.0 Å². The number of carbonyl (C=O) groups excluding carboxylic acids is 1. The molecule has 1 saturated heterocycles. The lowest BCUT2D eigenvalue weighted by molar-refractivity contribution is -0.140. The van der Waals surface area contributed by atoms with Gasteiger partial charge >= 0.3 is 6.18 Å². The van der Waals surface area contributed by atoms with Crippen LogP contribution in [0.4, 0.5) is 13.2 Å². The summed E-state index contributed by atoms with van der Waals surface area (Å²) in [5, 5.41) is 7.34. The minimum Gasteiger partial charge on any atom is -0.347 e. The van der Waals surface area contributed by atoms with Gasteiger partial charge in [0.15, 0.2) is 5.69 Å². The van der Waals surface area contributed by atoms with Gasteiger partial charge in [0.05, 0.1) is 6.04 Å². The predicted octanol–water partition coefficient (Wildman–Crippen LogP) is 3.12. The zero-order valence-electron chi connectivity index (χ0n) is 12.4. The molecule has 2 N–H and O–H groups in total. The summed E-state index contributed by atoms with van der Waals surface area (Å²) in [4.78, 5) is 15.6. The number of hydrogen-bond donors (Lipinski definition) is 2. The van der Waals surface area contributed by atoms with E-state index in [0.29, 0.717) is 23.8 Å². The van der Waals surface area contributed by atoms with Crippen LogP contribution in [-0.2, 0) is 11.0 Å². The van der Waals surface area contributed by atoms with Crippen LogP contribution in [0.15, 0.2) is 5.38 Å². The van der Waals surface area contributed by atoms with E-state index in [9.17, 15) is 18.0 Å².